The number of hydrogen-bond donors (Lipinski definition) is 2. The maximum Gasteiger partial charge on any atom is 0.469 e. The van der Waals surface area contributed by atoms with E-state index in [1.54, 1.807) is 5.57 Å². The van der Waals surface area contributed by atoms with Gasteiger partial charge in [-0.1, -0.05) is 76.6 Å². The average molecular weight is 477 g/mol. The zero-order chi connectivity index (χ0) is 24.4. The van der Waals surface area contributed by atoms with Crippen LogP contribution >= 0.6 is 7.82 Å². The molecule has 0 unspecified atom stereocenters. The van der Waals surface area contributed by atoms with Crippen molar-refractivity contribution in [2.75, 3.05) is 0 Å². The van der Waals surface area contributed by atoms with Crippen molar-refractivity contribution < 1.29 is 18.9 Å². The Morgan fingerprint density at radius 2 is 1.82 bits per heavy atom. The Balaban J connectivity index is 1.74. The molecule has 0 amide bonds. The zero-order valence-corrected chi connectivity index (χ0v) is 22.2. The van der Waals surface area contributed by atoms with Gasteiger partial charge in [0.2, 0.25) is 0 Å². The summed E-state index contributed by atoms with van der Waals surface area (Å²) in [5.74, 6) is 3.25. The van der Waals surface area contributed by atoms with Crippen LogP contribution in [-0.4, -0.2) is 15.9 Å². The van der Waals surface area contributed by atoms with E-state index < -0.39 is 13.9 Å². The van der Waals surface area contributed by atoms with E-state index in [9.17, 15) is 14.4 Å². The van der Waals surface area contributed by atoms with Crippen LogP contribution in [0.15, 0.2) is 47.6 Å². The minimum Gasteiger partial charge on any atom is -0.303 e. The normalized spacial score (nSPS) is 35.5. The number of phosphoric ester groups is 1. The topological polar surface area (TPSA) is 66.8 Å². The zero-order valence-electron chi connectivity index (χ0n) is 21.3. The number of phosphoric acid groups is 1. The maximum atomic E-state index is 11.3. The lowest BCUT2D eigenvalue weighted by molar-refractivity contribution is 0.112. The molecule has 0 saturated heterocycles. The number of rotatable bonds is 7. The van der Waals surface area contributed by atoms with Gasteiger partial charge in [-0.05, 0) is 91.9 Å². The van der Waals surface area contributed by atoms with Gasteiger partial charge in [-0.2, -0.15) is 0 Å². The Hall–Kier alpha value is -0.930. The van der Waals surface area contributed by atoms with Crippen LogP contribution in [0.4, 0.5) is 0 Å². The fourth-order valence-corrected chi connectivity index (χ4v) is 7.08. The molecule has 0 aromatic heterocycles. The van der Waals surface area contributed by atoms with E-state index in [4.69, 9.17) is 4.52 Å². The standard InChI is InChI=1S/C28H45O4P/c1-19(2)20(3)9-10-22(5)26-15-16-27-23(8-7-17-28(26,27)6)12-13-24-18-25(14-11-21(24)4)32-33(29,30)31/h9-10,12-13,19-20,22,25-27H,4,7-8,11,14-18H2,1-3,5-6H3,(H2,29,30,31)/b10-9+,23-12+,24-13-/t20-,22+,25-,26+,27-,28+/m0/s1. The van der Waals surface area contributed by atoms with Crippen molar-refractivity contribution in [3.63, 3.8) is 0 Å². The van der Waals surface area contributed by atoms with Crippen molar-refractivity contribution in [2.24, 2.45) is 35.0 Å². The van der Waals surface area contributed by atoms with E-state index in [2.05, 4.69) is 65.5 Å². The van der Waals surface area contributed by atoms with Crippen LogP contribution in [0.2, 0.25) is 0 Å². The Morgan fingerprint density at radius 1 is 1.09 bits per heavy atom. The Morgan fingerprint density at radius 3 is 2.48 bits per heavy atom. The van der Waals surface area contributed by atoms with Gasteiger partial charge < -0.3 is 9.79 Å². The van der Waals surface area contributed by atoms with Gasteiger partial charge in [0.1, 0.15) is 0 Å². The summed E-state index contributed by atoms with van der Waals surface area (Å²) in [6.45, 7) is 16.0. The third-order valence-electron chi connectivity index (χ3n) is 8.90. The van der Waals surface area contributed by atoms with E-state index in [0.29, 0.717) is 41.9 Å². The molecule has 2 N–H and O–H groups in total. The van der Waals surface area contributed by atoms with Crippen LogP contribution in [0.5, 0.6) is 0 Å². The molecule has 4 nitrogen and oxygen atoms in total. The summed E-state index contributed by atoms with van der Waals surface area (Å²) in [6, 6.07) is 0. The lowest BCUT2D eigenvalue weighted by Crippen LogP contribution is -2.35. The molecular weight excluding hydrogens is 431 g/mol. The molecule has 0 aromatic rings. The molecule has 186 valence electrons. The molecule has 3 rings (SSSR count). The quantitative estimate of drug-likeness (QED) is 0.291. The summed E-state index contributed by atoms with van der Waals surface area (Å²) in [7, 11) is -4.46. The van der Waals surface area contributed by atoms with Gasteiger partial charge in [-0.25, -0.2) is 4.57 Å². The Kier molecular flexibility index (Phi) is 8.71. The second-order valence-electron chi connectivity index (χ2n) is 11.4. The van der Waals surface area contributed by atoms with Crippen LogP contribution in [0.1, 0.15) is 86.0 Å². The molecule has 0 aromatic carbocycles. The van der Waals surface area contributed by atoms with Crippen LogP contribution < -0.4 is 0 Å². The van der Waals surface area contributed by atoms with Crippen LogP contribution in [0, 0.1) is 35.0 Å². The van der Waals surface area contributed by atoms with Gasteiger partial charge >= 0.3 is 7.82 Å². The van der Waals surface area contributed by atoms with E-state index >= 15 is 0 Å². The van der Waals surface area contributed by atoms with E-state index in [1.165, 1.54) is 25.7 Å². The highest BCUT2D eigenvalue weighted by atomic mass is 31.2. The van der Waals surface area contributed by atoms with Crippen molar-refractivity contribution in [1.82, 2.24) is 0 Å². The molecule has 5 heteroatoms. The molecule has 0 aliphatic heterocycles. The first kappa shape index (κ1) is 26.7. The molecule has 6 atom stereocenters. The molecule has 0 radical (unpaired) electrons. The highest BCUT2D eigenvalue weighted by Gasteiger charge is 2.50. The molecule has 0 spiro atoms. The summed E-state index contributed by atoms with van der Waals surface area (Å²) >= 11 is 0. The molecule has 0 bridgehead atoms. The monoisotopic (exact) mass is 476 g/mol. The lowest BCUT2D eigenvalue weighted by Gasteiger charge is -2.44. The first-order valence-corrected chi connectivity index (χ1v) is 14.4. The average Bonchev–Trinajstić information content (AvgIpc) is 3.08. The minimum absolute atomic E-state index is 0.350. The van der Waals surface area contributed by atoms with E-state index in [-0.39, 0.29) is 0 Å². The summed E-state index contributed by atoms with van der Waals surface area (Å²) in [6.07, 6.45) is 17.1. The second kappa shape index (κ2) is 10.8. The number of allylic oxidation sites excluding steroid dienone is 6. The number of hydrogen-bond acceptors (Lipinski definition) is 2. The van der Waals surface area contributed by atoms with E-state index in [0.717, 1.165) is 29.9 Å². The van der Waals surface area contributed by atoms with Gasteiger partial charge in [0.25, 0.3) is 0 Å². The summed E-state index contributed by atoms with van der Waals surface area (Å²) < 4.78 is 16.3. The highest BCUT2D eigenvalue weighted by molar-refractivity contribution is 7.46. The predicted octanol–water partition coefficient (Wildman–Crippen LogP) is 7.76. The predicted molar refractivity (Wildman–Crippen MR) is 137 cm³/mol. The second-order valence-corrected chi connectivity index (χ2v) is 12.6. The van der Waals surface area contributed by atoms with Crippen LogP contribution in [0.3, 0.4) is 0 Å². The van der Waals surface area contributed by atoms with Gasteiger partial charge in [0.15, 0.2) is 0 Å². The largest absolute Gasteiger partial charge is 0.469 e. The third-order valence-corrected chi connectivity index (χ3v) is 9.47. The molecule has 3 aliphatic carbocycles. The van der Waals surface area contributed by atoms with Crippen LogP contribution in [-0.2, 0) is 9.09 Å². The number of fused-ring (bicyclic) bond motifs is 1. The Labute approximate surface area is 201 Å². The fourth-order valence-electron chi connectivity index (χ4n) is 6.52. The van der Waals surface area contributed by atoms with Gasteiger partial charge in [0, 0.05) is 0 Å². The van der Waals surface area contributed by atoms with Crippen molar-refractivity contribution in [1.29, 1.82) is 0 Å². The van der Waals surface area contributed by atoms with Crippen molar-refractivity contribution >= 4 is 7.82 Å². The molecular formula is C28H45O4P. The molecule has 3 fully saturated rings. The van der Waals surface area contributed by atoms with Gasteiger partial charge in [0.05, 0.1) is 6.10 Å². The van der Waals surface area contributed by atoms with Gasteiger partial charge in [-0.15, -0.1) is 0 Å². The smallest absolute Gasteiger partial charge is 0.303 e. The SMILES string of the molecule is C=C1CC[C@H](OP(=O)(O)O)C/C1=C/C=C1\CCC[C@]2(C)[C@@H]([C@H](C)/C=C/[C@H](C)C(C)C)CC[C@@H]12. The van der Waals surface area contributed by atoms with Crippen molar-refractivity contribution in [2.45, 2.75) is 92.1 Å². The summed E-state index contributed by atoms with van der Waals surface area (Å²) in [5.41, 5.74) is 4.05. The molecule has 3 saturated carbocycles. The van der Waals surface area contributed by atoms with E-state index in [1.807, 2.05) is 0 Å². The summed E-state index contributed by atoms with van der Waals surface area (Å²) in [4.78, 5) is 18.4. The lowest BCUT2D eigenvalue weighted by atomic mass is 9.61. The van der Waals surface area contributed by atoms with Gasteiger partial charge in [-0.3, -0.25) is 4.52 Å². The first-order valence-electron chi connectivity index (χ1n) is 12.9. The maximum absolute atomic E-state index is 11.3. The van der Waals surface area contributed by atoms with Crippen molar-refractivity contribution in [3.05, 3.63) is 47.6 Å². The van der Waals surface area contributed by atoms with Crippen molar-refractivity contribution in [3.8, 4) is 0 Å². The van der Waals surface area contributed by atoms with Crippen LogP contribution in [0.25, 0.3) is 0 Å². The summed E-state index contributed by atoms with van der Waals surface area (Å²) in [5, 5.41) is 0. The first-order chi connectivity index (χ1) is 15.4. The minimum atomic E-state index is -4.46. The Bertz CT molecular complexity index is 848. The molecule has 3 aliphatic rings. The highest BCUT2D eigenvalue weighted by Crippen LogP contribution is 2.59. The molecule has 0 heterocycles. The molecule has 33 heavy (non-hydrogen) atoms. The third kappa shape index (κ3) is 6.60. The fraction of sp³-hybridized carbons (Fsp3) is 0.714.